The van der Waals surface area contributed by atoms with E-state index in [4.69, 9.17) is 4.74 Å². The highest BCUT2D eigenvalue weighted by Gasteiger charge is 2.37. The molecule has 1 aliphatic heterocycles. The molecule has 0 saturated carbocycles. The van der Waals surface area contributed by atoms with Gasteiger partial charge in [-0.15, -0.1) is 5.10 Å². The number of nitrogens with one attached hydrogen (secondary N) is 1. The molecule has 1 aromatic carbocycles. The van der Waals surface area contributed by atoms with Crippen LogP contribution in [0.1, 0.15) is 11.1 Å². The Labute approximate surface area is 194 Å². The number of carbonyl (C=O) groups is 2. The van der Waals surface area contributed by atoms with Gasteiger partial charge in [0, 0.05) is 38.0 Å². The number of rotatable bonds is 5. The Morgan fingerprint density at radius 2 is 1.69 bits per heavy atom. The highest BCUT2D eigenvalue weighted by atomic mass is 19.4. The van der Waals surface area contributed by atoms with Crippen LogP contribution in [0.25, 0.3) is 17.6 Å². The lowest BCUT2D eigenvalue weighted by Crippen LogP contribution is -2.49. The van der Waals surface area contributed by atoms with Gasteiger partial charge in [-0.25, -0.2) is 9.67 Å². The summed E-state index contributed by atoms with van der Waals surface area (Å²) in [5.74, 6) is -1.51. The zero-order valence-electron chi connectivity index (χ0n) is 18.2. The van der Waals surface area contributed by atoms with Crippen molar-refractivity contribution in [2.75, 3.05) is 39.9 Å². The lowest BCUT2D eigenvalue weighted by atomic mass is 10.0. The average Bonchev–Trinajstić information content (AvgIpc) is 3.25. The third-order valence-electron chi connectivity index (χ3n) is 4.82. The van der Waals surface area contributed by atoms with Crippen LogP contribution in [0.15, 0.2) is 30.6 Å². The minimum atomic E-state index is -5.01. The van der Waals surface area contributed by atoms with E-state index in [1.807, 2.05) is 4.90 Å². The van der Waals surface area contributed by atoms with Gasteiger partial charge in [-0.05, 0) is 18.2 Å². The molecule has 1 fully saturated rings. The third kappa shape index (κ3) is 7.26. The van der Waals surface area contributed by atoms with Crippen molar-refractivity contribution in [1.82, 2.24) is 30.1 Å². The molecule has 35 heavy (non-hydrogen) atoms. The van der Waals surface area contributed by atoms with Crippen LogP contribution < -0.4 is 5.43 Å². The Morgan fingerprint density at radius 1 is 1.09 bits per heavy atom. The maximum absolute atomic E-state index is 13.1. The van der Waals surface area contributed by atoms with Gasteiger partial charge in [-0.2, -0.15) is 26.3 Å². The number of nitrogens with zero attached hydrogens (tertiary/aromatic N) is 5. The number of morpholine rings is 1. The Bertz CT molecular complexity index is 1060. The van der Waals surface area contributed by atoms with E-state index in [0.717, 1.165) is 28.3 Å². The van der Waals surface area contributed by atoms with E-state index in [2.05, 4.69) is 15.5 Å². The van der Waals surface area contributed by atoms with Gasteiger partial charge in [0.2, 0.25) is 0 Å². The number of hydrazine groups is 1. The number of ether oxygens (including phenoxy) is 1. The van der Waals surface area contributed by atoms with Crippen LogP contribution in [0.3, 0.4) is 0 Å². The van der Waals surface area contributed by atoms with E-state index in [-0.39, 0.29) is 12.6 Å². The fraction of sp³-hybridized carbons (Fsp3) is 0.400. The van der Waals surface area contributed by atoms with Gasteiger partial charge in [0.1, 0.15) is 6.33 Å². The Hall–Kier alpha value is -3.46. The number of hydrogen-bond acceptors (Lipinski definition) is 6. The number of benzene rings is 1. The molecule has 1 aliphatic rings. The normalized spacial score (nSPS) is 15.4. The van der Waals surface area contributed by atoms with Crippen LogP contribution in [0.4, 0.5) is 26.3 Å². The number of amides is 2. The van der Waals surface area contributed by atoms with Crippen LogP contribution in [-0.2, 0) is 26.7 Å². The summed E-state index contributed by atoms with van der Waals surface area (Å²) in [7, 11) is 1.30. The van der Waals surface area contributed by atoms with Crippen molar-refractivity contribution in [2.45, 2.75) is 12.4 Å². The highest BCUT2D eigenvalue weighted by Crippen LogP contribution is 2.38. The fourth-order valence-electron chi connectivity index (χ4n) is 3.05. The van der Waals surface area contributed by atoms with Crippen molar-refractivity contribution in [2.24, 2.45) is 0 Å². The number of alkyl halides is 6. The van der Waals surface area contributed by atoms with Crippen molar-refractivity contribution in [3.05, 3.63) is 41.7 Å². The van der Waals surface area contributed by atoms with Crippen molar-refractivity contribution < 1.29 is 40.7 Å². The zero-order valence-corrected chi connectivity index (χ0v) is 18.2. The Kier molecular flexibility index (Phi) is 7.80. The second-order valence-electron chi connectivity index (χ2n) is 7.48. The molecule has 3 rings (SSSR count). The maximum Gasteiger partial charge on any atom is 0.416 e. The molecule has 0 radical (unpaired) electrons. The molecule has 2 aromatic rings. The summed E-state index contributed by atoms with van der Waals surface area (Å²) < 4.78 is 84.5. The largest absolute Gasteiger partial charge is 0.416 e. The van der Waals surface area contributed by atoms with E-state index in [1.54, 1.807) is 0 Å². The molecule has 1 aromatic heterocycles. The Morgan fingerprint density at radius 3 is 2.26 bits per heavy atom. The second-order valence-corrected chi connectivity index (χ2v) is 7.48. The van der Waals surface area contributed by atoms with E-state index in [9.17, 15) is 35.9 Å². The monoisotopic (exact) mass is 506 g/mol. The molecule has 0 bridgehead atoms. The van der Waals surface area contributed by atoms with Crippen LogP contribution >= 0.6 is 0 Å². The van der Waals surface area contributed by atoms with E-state index >= 15 is 0 Å². The number of carbonyl (C=O) groups excluding carboxylic acids is 2. The fourth-order valence-corrected chi connectivity index (χ4v) is 3.05. The number of hydrogen-bond donors (Lipinski definition) is 1. The molecular formula is C20H20F6N6O3. The predicted molar refractivity (Wildman–Crippen MR) is 109 cm³/mol. The molecule has 0 atom stereocenters. The molecular weight excluding hydrogens is 486 g/mol. The molecule has 2 amide bonds. The molecule has 0 aliphatic carbocycles. The van der Waals surface area contributed by atoms with Crippen LogP contribution in [0, 0.1) is 0 Å². The third-order valence-corrected chi connectivity index (χ3v) is 4.82. The summed E-state index contributed by atoms with van der Waals surface area (Å²) in [4.78, 5) is 29.8. The molecule has 0 unspecified atom stereocenters. The molecule has 9 nitrogen and oxygen atoms in total. The second kappa shape index (κ2) is 10.4. The van der Waals surface area contributed by atoms with Gasteiger partial charge in [-0.3, -0.25) is 24.9 Å². The van der Waals surface area contributed by atoms with E-state index in [0.29, 0.717) is 38.4 Å². The van der Waals surface area contributed by atoms with Crippen molar-refractivity contribution in [3.63, 3.8) is 0 Å². The first-order valence-electron chi connectivity index (χ1n) is 10.1. The number of likely N-dealkylation sites (N-methyl/N-ethyl adjacent to an activating group) is 1. The Balaban J connectivity index is 1.67. The van der Waals surface area contributed by atoms with Gasteiger partial charge in [0.15, 0.2) is 5.82 Å². The topological polar surface area (TPSA) is 92.6 Å². The first-order chi connectivity index (χ1) is 16.3. The van der Waals surface area contributed by atoms with Gasteiger partial charge in [-0.1, -0.05) is 0 Å². The lowest BCUT2D eigenvalue weighted by molar-refractivity contribution is -0.143. The standard InChI is InChI=1S/C20H20F6N6O3/c1-30(28-16(33)11-31-4-6-35-7-5-31)17(34)2-3-32-12-27-18(29-32)13-8-14(19(21,22)23)10-15(9-13)20(24,25)26/h2-3,8-10,12H,4-7,11H2,1H3,(H,28,33). The number of halogens is 6. The molecule has 1 saturated heterocycles. The van der Waals surface area contributed by atoms with Gasteiger partial charge in [0.05, 0.1) is 30.9 Å². The summed E-state index contributed by atoms with van der Waals surface area (Å²) in [6.07, 6.45) is -6.95. The van der Waals surface area contributed by atoms with E-state index in [1.165, 1.54) is 7.05 Å². The van der Waals surface area contributed by atoms with Crippen LogP contribution in [0.2, 0.25) is 0 Å². The molecule has 1 N–H and O–H groups in total. The van der Waals surface area contributed by atoms with E-state index < -0.39 is 46.7 Å². The quantitative estimate of drug-likeness (QED) is 0.380. The molecule has 0 spiro atoms. The minimum Gasteiger partial charge on any atom is -0.379 e. The maximum atomic E-state index is 13.1. The van der Waals surface area contributed by atoms with Crippen molar-refractivity contribution in [3.8, 4) is 11.4 Å². The van der Waals surface area contributed by atoms with Crippen molar-refractivity contribution in [1.29, 1.82) is 0 Å². The van der Waals surface area contributed by atoms with Crippen LogP contribution in [-0.4, -0.2) is 76.4 Å². The highest BCUT2D eigenvalue weighted by molar-refractivity contribution is 5.91. The first-order valence-corrected chi connectivity index (χ1v) is 10.1. The first kappa shape index (κ1) is 26.2. The number of aromatic nitrogens is 3. The predicted octanol–water partition coefficient (Wildman–Crippen LogP) is 2.28. The summed E-state index contributed by atoms with van der Waals surface area (Å²) in [6.45, 7) is 2.23. The summed E-state index contributed by atoms with van der Waals surface area (Å²) in [5, 5.41) is 4.72. The van der Waals surface area contributed by atoms with Crippen molar-refractivity contribution >= 4 is 18.0 Å². The zero-order chi connectivity index (χ0) is 25.8. The molecule has 15 heteroatoms. The summed E-state index contributed by atoms with van der Waals surface area (Å²) in [5.41, 5.74) is -1.12. The smallest absolute Gasteiger partial charge is 0.379 e. The minimum absolute atomic E-state index is 0.00223. The van der Waals surface area contributed by atoms with Gasteiger partial charge >= 0.3 is 12.4 Å². The average molecular weight is 506 g/mol. The lowest BCUT2D eigenvalue weighted by Gasteiger charge is -2.26. The summed E-state index contributed by atoms with van der Waals surface area (Å²) in [6, 6.07) is 1.01. The van der Waals surface area contributed by atoms with Gasteiger partial charge < -0.3 is 4.74 Å². The SMILES string of the molecule is CN(NC(=O)CN1CCOCC1)C(=O)C=Cn1cnc(-c2cc(C(F)(F)F)cc(C(F)(F)F)c2)n1. The molecule has 190 valence electrons. The molecule has 2 heterocycles. The summed E-state index contributed by atoms with van der Waals surface area (Å²) >= 11 is 0. The van der Waals surface area contributed by atoms with Crippen LogP contribution in [0.5, 0.6) is 0 Å². The van der Waals surface area contributed by atoms with Gasteiger partial charge in [0.25, 0.3) is 11.8 Å².